The summed E-state index contributed by atoms with van der Waals surface area (Å²) in [7, 11) is -3.54. The van der Waals surface area contributed by atoms with E-state index in [2.05, 4.69) is 27.4 Å². The van der Waals surface area contributed by atoms with E-state index in [0.717, 1.165) is 31.2 Å². The first-order valence-corrected chi connectivity index (χ1v) is 19.1. The number of benzene rings is 1. The minimum absolute atomic E-state index is 0.679. The van der Waals surface area contributed by atoms with Crippen LogP contribution in [-0.4, -0.2) is 19.4 Å². The molecule has 1 aromatic rings. The van der Waals surface area contributed by atoms with Crippen LogP contribution in [0.15, 0.2) is 42.7 Å². The first-order chi connectivity index (χ1) is 19.1. The van der Waals surface area contributed by atoms with Crippen molar-refractivity contribution in [2.24, 2.45) is 0 Å². The first kappa shape index (κ1) is 36.1. The van der Waals surface area contributed by atoms with Crippen LogP contribution >= 0.6 is 7.28 Å². The first-order valence-electron chi connectivity index (χ1n) is 16.8. The van der Waals surface area contributed by atoms with Crippen LogP contribution < -0.4 is 4.52 Å². The van der Waals surface area contributed by atoms with E-state index in [0.29, 0.717) is 13.2 Å². The maximum atomic E-state index is 6.87. The average molecular weight is 565 g/mol. The van der Waals surface area contributed by atoms with Gasteiger partial charge in [0.1, 0.15) is 0 Å². The summed E-state index contributed by atoms with van der Waals surface area (Å²) in [4.78, 5) is 0. The monoisotopic (exact) mass is 564 g/mol. The molecule has 0 saturated carbocycles. The second-order valence-corrected chi connectivity index (χ2v) is 15.2. The standard InChI is InChI=1S/C35H65O3P/c1-5-9-12-15-18-21-27-32-36-39(8-4,38-35-30-25-24-26-31-35,34-29-23-20-17-14-11-7-3)37-33-28-22-19-16-13-10-6-2/h8,24-26,30-31H,4-7,9-23,27-29,32-34H2,1-3H3. The van der Waals surface area contributed by atoms with Gasteiger partial charge in [0.2, 0.25) is 0 Å². The number of para-hydroxylation sites is 1. The Morgan fingerprint density at radius 1 is 0.538 bits per heavy atom. The van der Waals surface area contributed by atoms with Crippen LogP contribution in [0.5, 0.6) is 5.75 Å². The van der Waals surface area contributed by atoms with E-state index in [1.807, 2.05) is 36.1 Å². The van der Waals surface area contributed by atoms with E-state index in [4.69, 9.17) is 13.6 Å². The maximum absolute atomic E-state index is 6.87. The van der Waals surface area contributed by atoms with Crippen molar-refractivity contribution >= 4 is 7.28 Å². The zero-order valence-electron chi connectivity index (χ0n) is 26.3. The molecule has 0 amide bonds. The SMILES string of the molecule is C=CP(CCCCCCCCC)(OCCCCCCCCC)(OCCCCCCCCC)Oc1ccccc1. The van der Waals surface area contributed by atoms with Crippen LogP contribution in [0.2, 0.25) is 0 Å². The fourth-order valence-corrected chi connectivity index (χ4v) is 8.57. The van der Waals surface area contributed by atoms with Gasteiger partial charge in [-0.25, -0.2) is 0 Å². The van der Waals surface area contributed by atoms with Gasteiger partial charge in [-0.1, -0.05) is 0 Å². The van der Waals surface area contributed by atoms with Gasteiger partial charge in [-0.05, 0) is 0 Å². The number of hydrogen-bond donors (Lipinski definition) is 0. The van der Waals surface area contributed by atoms with Crippen molar-refractivity contribution in [3.8, 4) is 5.75 Å². The summed E-state index contributed by atoms with van der Waals surface area (Å²) in [6.45, 7) is 12.5. The van der Waals surface area contributed by atoms with Crippen LogP contribution in [0.25, 0.3) is 0 Å². The molecule has 1 rings (SSSR count). The van der Waals surface area contributed by atoms with E-state index in [1.54, 1.807) is 0 Å². The molecule has 0 fully saturated rings. The van der Waals surface area contributed by atoms with Gasteiger partial charge in [0, 0.05) is 0 Å². The molecule has 0 aromatic heterocycles. The van der Waals surface area contributed by atoms with Crippen molar-refractivity contribution in [3.05, 3.63) is 42.7 Å². The summed E-state index contributed by atoms with van der Waals surface area (Å²) in [6.07, 6.45) is 27.3. The van der Waals surface area contributed by atoms with Crippen molar-refractivity contribution in [2.45, 2.75) is 156 Å². The third kappa shape index (κ3) is 16.8. The molecule has 3 nitrogen and oxygen atoms in total. The Kier molecular flexibility index (Phi) is 22.0. The third-order valence-corrected chi connectivity index (χ3v) is 11.7. The van der Waals surface area contributed by atoms with E-state index < -0.39 is 7.28 Å². The Hall–Kier alpha value is -0.890. The molecule has 0 bridgehead atoms. The van der Waals surface area contributed by atoms with Gasteiger partial charge in [0.15, 0.2) is 0 Å². The van der Waals surface area contributed by atoms with Gasteiger partial charge in [-0.3, -0.25) is 0 Å². The summed E-state index contributed by atoms with van der Waals surface area (Å²) in [5.74, 6) is 2.79. The van der Waals surface area contributed by atoms with Crippen molar-refractivity contribution in [1.82, 2.24) is 0 Å². The Morgan fingerprint density at radius 2 is 0.923 bits per heavy atom. The second-order valence-electron chi connectivity index (χ2n) is 11.5. The average Bonchev–Trinajstić information content (AvgIpc) is 2.96. The molecular formula is C35H65O3P. The third-order valence-electron chi connectivity index (χ3n) is 7.78. The molecule has 0 aliphatic rings. The summed E-state index contributed by atoms with van der Waals surface area (Å²) in [5.41, 5.74) is 0. The molecule has 0 unspecified atom stereocenters. The van der Waals surface area contributed by atoms with E-state index in [1.165, 1.54) is 116 Å². The van der Waals surface area contributed by atoms with Crippen LogP contribution in [0, 0.1) is 0 Å². The van der Waals surface area contributed by atoms with Crippen LogP contribution in [-0.2, 0) is 9.05 Å². The molecular weight excluding hydrogens is 499 g/mol. The van der Waals surface area contributed by atoms with Crippen LogP contribution in [0.1, 0.15) is 156 Å². The molecule has 0 N–H and O–H groups in total. The molecule has 39 heavy (non-hydrogen) atoms. The van der Waals surface area contributed by atoms with E-state index >= 15 is 0 Å². The Balaban J connectivity index is 2.88. The van der Waals surface area contributed by atoms with Gasteiger partial charge >= 0.3 is 244 Å². The normalized spacial score (nSPS) is 12.7. The fraction of sp³-hybridized carbons (Fsp3) is 0.771. The number of unbranched alkanes of at least 4 members (excludes halogenated alkanes) is 18. The van der Waals surface area contributed by atoms with Crippen molar-refractivity contribution in [2.75, 3.05) is 19.4 Å². The van der Waals surface area contributed by atoms with Crippen molar-refractivity contribution < 1.29 is 13.6 Å². The minimum atomic E-state index is -3.54. The molecule has 0 spiro atoms. The molecule has 0 heterocycles. The molecule has 0 aliphatic carbocycles. The Labute approximate surface area is 244 Å². The molecule has 4 heteroatoms. The Bertz CT molecular complexity index is 658. The molecule has 0 atom stereocenters. The van der Waals surface area contributed by atoms with Crippen molar-refractivity contribution in [3.63, 3.8) is 0 Å². The second kappa shape index (κ2) is 23.8. The van der Waals surface area contributed by atoms with Gasteiger partial charge in [0.25, 0.3) is 0 Å². The molecule has 228 valence electrons. The molecule has 1 aromatic carbocycles. The molecule has 0 radical (unpaired) electrons. The van der Waals surface area contributed by atoms with Crippen LogP contribution in [0.3, 0.4) is 0 Å². The van der Waals surface area contributed by atoms with Gasteiger partial charge in [0.05, 0.1) is 0 Å². The topological polar surface area (TPSA) is 27.7 Å². The van der Waals surface area contributed by atoms with Crippen LogP contribution in [0.4, 0.5) is 0 Å². The van der Waals surface area contributed by atoms with E-state index in [9.17, 15) is 0 Å². The summed E-state index contributed by atoms with van der Waals surface area (Å²) >= 11 is 0. The predicted octanol–water partition coefficient (Wildman–Crippen LogP) is 12.8. The zero-order chi connectivity index (χ0) is 28.4. The summed E-state index contributed by atoms with van der Waals surface area (Å²) < 4.78 is 20.6. The van der Waals surface area contributed by atoms with Crippen molar-refractivity contribution in [1.29, 1.82) is 0 Å². The Morgan fingerprint density at radius 3 is 1.33 bits per heavy atom. The molecule has 0 saturated heterocycles. The van der Waals surface area contributed by atoms with E-state index in [-0.39, 0.29) is 0 Å². The summed E-state index contributed by atoms with van der Waals surface area (Å²) in [6, 6.07) is 10.2. The quantitative estimate of drug-likeness (QED) is 0.0715. The van der Waals surface area contributed by atoms with Gasteiger partial charge in [-0.2, -0.15) is 0 Å². The number of hydrogen-bond acceptors (Lipinski definition) is 3. The summed E-state index contributed by atoms with van der Waals surface area (Å²) in [5, 5.41) is 0. The molecule has 0 aliphatic heterocycles. The van der Waals surface area contributed by atoms with Gasteiger partial charge in [-0.15, -0.1) is 0 Å². The fourth-order valence-electron chi connectivity index (χ4n) is 5.19. The predicted molar refractivity (Wildman–Crippen MR) is 175 cm³/mol. The van der Waals surface area contributed by atoms with Gasteiger partial charge < -0.3 is 0 Å². The zero-order valence-corrected chi connectivity index (χ0v) is 27.2. The number of rotatable bonds is 29.